The van der Waals surface area contributed by atoms with Crippen molar-refractivity contribution in [3.05, 3.63) is 0 Å². The number of hydrogen-bond acceptors (Lipinski definition) is 3. The summed E-state index contributed by atoms with van der Waals surface area (Å²) in [6.45, 7) is 5.81. The van der Waals surface area contributed by atoms with E-state index >= 15 is 0 Å². The molecular formula is C10H19NO3. The van der Waals surface area contributed by atoms with Crippen molar-refractivity contribution in [1.82, 2.24) is 0 Å². The smallest absolute Gasteiger partial charge is 0.306 e. The van der Waals surface area contributed by atoms with E-state index in [-0.39, 0.29) is 11.8 Å². The first-order valence-electron chi connectivity index (χ1n) is 4.71. The molecule has 0 aromatic rings. The number of methoxy groups -OCH3 is 1. The number of esters is 1. The fraction of sp³-hybridized carbons (Fsp3) is 0.800. The SMILES string of the molecule is CCC(C)(C)[C@@H](CC(=O)OC)C(N)=O. The van der Waals surface area contributed by atoms with E-state index in [0.717, 1.165) is 6.42 Å². The van der Waals surface area contributed by atoms with Gasteiger partial charge in [-0.1, -0.05) is 27.2 Å². The second-order valence-electron chi connectivity index (χ2n) is 4.08. The largest absolute Gasteiger partial charge is 0.469 e. The summed E-state index contributed by atoms with van der Waals surface area (Å²) in [5.74, 6) is -1.29. The molecule has 0 spiro atoms. The molecule has 0 aromatic heterocycles. The van der Waals surface area contributed by atoms with Crippen molar-refractivity contribution in [3.63, 3.8) is 0 Å². The minimum atomic E-state index is -0.458. The summed E-state index contributed by atoms with van der Waals surface area (Å²) in [7, 11) is 1.30. The van der Waals surface area contributed by atoms with E-state index in [2.05, 4.69) is 4.74 Å². The summed E-state index contributed by atoms with van der Waals surface area (Å²) in [4.78, 5) is 22.2. The maximum absolute atomic E-state index is 11.2. The summed E-state index contributed by atoms with van der Waals surface area (Å²) >= 11 is 0. The molecule has 4 nitrogen and oxygen atoms in total. The van der Waals surface area contributed by atoms with E-state index in [1.54, 1.807) is 0 Å². The third-order valence-corrected chi connectivity index (χ3v) is 2.80. The van der Waals surface area contributed by atoms with Crippen molar-refractivity contribution < 1.29 is 14.3 Å². The molecule has 1 amide bonds. The van der Waals surface area contributed by atoms with Gasteiger partial charge in [0.2, 0.25) is 5.91 Å². The van der Waals surface area contributed by atoms with Gasteiger partial charge in [-0.2, -0.15) is 0 Å². The Balaban J connectivity index is 4.61. The molecule has 2 N–H and O–H groups in total. The minimum absolute atomic E-state index is 0.0622. The molecule has 14 heavy (non-hydrogen) atoms. The first kappa shape index (κ1) is 12.9. The van der Waals surface area contributed by atoms with E-state index in [9.17, 15) is 9.59 Å². The van der Waals surface area contributed by atoms with Crippen molar-refractivity contribution in [3.8, 4) is 0 Å². The van der Waals surface area contributed by atoms with Gasteiger partial charge < -0.3 is 10.5 Å². The Morgan fingerprint density at radius 3 is 2.21 bits per heavy atom. The zero-order valence-corrected chi connectivity index (χ0v) is 9.29. The van der Waals surface area contributed by atoms with Crippen LogP contribution in [-0.4, -0.2) is 19.0 Å². The molecule has 0 rings (SSSR count). The maximum atomic E-state index is 11.2. The lowest BCUT2D eigenvalue weighted by molar-refractivity contribution is -0.145. The lowest BCUT2D eigenvalue weighted by Crippen LogP contribution is -2.37. The van der Waals surface area contributed by atoms with Crippen LogP contribution in [0.5, 0.6) is 0 Å². The van der Waals surface area contributed by atoms with Gasteiger partial charge in [0.1, 0.15) is 0 Å². The maximum Gasteiger partial charge on any atom is 0.306 e. The summed E-state index contributed by atoms with van der Waals surface area (Å²) in [6, 6.07) is 0. The number of primary amides is 1. The molecule has 0 saturated carbocycles. The predicted octanol–water partition coefficient (Wildman–Crippen LogP) is 1.09. The Hall–Kier alpha value is -1.06. The van der Waals surface area contributed by atoms with Crippen LogP contribution in [0.1, 0.15) is 33.6 Å². The summed E-state index contributed by atoms with van der Waals surface area (Å²) in [5, 5.41) is 0. The fourth-order valence-corrected chi connectivity index (χ4v) is 1.26. The molecule has 0 bridgehead atoms. The van der Waals surface area contributed by atoms with Crippen LogP contribution < -0.4 is 5.73 Å². The van der Waals surface area contributed by atoms with Gasteiger partial charge in [0.05, 0.1) is 19.4 Å². The molecule has 0 aliphatic carbocycles. The van der Waals surface area contributed by atoms with Crippen molar-refractivity contribution in [1.29, 1.82) is 0 Å². The van der Waals surface area contributed by atoms with Gasteiger partial charge in [0.15, 0.2) is 0 Å². The molecule has 0 heterocycles. The molecule has 0 unspecified atom stereocenters. The van der Waals surface area contributed by atoms with E-state index < -0.39 is 17.8 Å². The van der Waals surface area contributed by atoms with Gasteiger partial charge >= 0.3 is 5.97 Å². The van der Waals surface area contributed by atoms with Crippen LogP contribution in [0.15, 0.2) is 0 Å². The number of ether oxygens (including phenoxy) is 1. The van der Waals surface area contributed by atoms with Crippen molar-refractivity contribution >= 4 is 11.9 Å². The lowest BCUT2D eigenvalue weighted by atomic mass is 9.74. The first-order valence-corrected chi connectivity index (χ1v) is 4.71. The number of nitrogens with two attached hydrogens (primary N) is 1. The molecule has 4 heteroatoms. The topological polar surface area (TPSA) is 69.4 Å². The van der Waals surface area contributed by atoms with E-state index in [4.69, 9.17) is 5.73 Å². The normalized spacial score (nSPS) is 13.4. The van der Waals surface area contributed by atoms with E-state index in [1.807, 2.05) is 20.8 Å². The van der Waals surface area contributed by atoms with E-state index in [0.29, 0.717) is 0 Å². The number of amides is 1. The summed E-state index contributed by atoms with van der Waals surface area (Å²) in [5.41, 5.74) is 4.99. The van der Waals surface area contributed by atoms with Gasteiger partial charge in [-0.25, -0.2) is 0 Å². The molecule has 0 aromatic carbocycles. The number of carbonyl (C=O) groups excluding carboxylic acids is 2. The van der Waals surface area contributed by atoms with E-state index in [1.165, 1.54) is 7.11 Å². The monoisotopic (exact) mass is 201 g/mol. The van der Waals surface area contributed by atoms with Gasteiger partial charge in [-0.15, -0.1) is 0 Å². The standard InChI is InChI=1S/C10H19NO3/c1-5-10(2,3)7(9(11)13)6-8(12)14-4/h7H,5-6H2,1-4H3,(H2,11,13)/t7-/m0/s1. The molecular weight excluding hydrogens is 182 g/mol. The van der Waals surface area contributed by atoms with Crippen LogP contribution in [0.25, 0.3) is 0 Å². The Morgan fingerprint density at radius 2 is 1.93 bits per heavy atom. The van der Waals surface area contributed by atoms with Gasteiger partial charge in [-0.3, -0.25) is 9.59 Å². The van der Waals surface area contributed by atoms with Gasteiger partial charge in [0.25, 0.3) is 0 Å². The van der Waals surface area contributed by atoms with Crippen LogP contribution in [0.3, 0.4) is 0 Å². The third kappa shape index (κ3) is 3.36. The number of carbonyl (C=O) groups is 2. The average Bonchev–Trinajstić information content (AvgIpc) is 2.12. The zero-order valence-electron chi connectivity index (χ0n) is 9.29. The highest BCUT2D eigenvalue weighted by Gasteiger charge is 2.34. The van der Waals surface area contributed by atoms with Crippen LogP contribution in [-0.2, 0) is 14.3 Å². The Labute approximate surface area is 84.8 Å². The zero-order chi connectivity index (χ0) is 11.4. The van der Waals surface area contributed by atoms with Crippen molar-refractivity contribution in [2.24, 2.45) is 17.1 Å². The molecule has 0 aliphatic heterocycles. The molecule has 0 fully saturated rings. The predicted molar refractivity (Wildman–Crippen MR) is 53.4 cm³/mol. The van der Waals surface area contributed by atoms with Crippen LogP contribution in [0, 0.1) is 11.3 Å². The van der Waals surface area contributed by atoms with Crippen molar-refractivity contribution in [2.75, 3.05) is 7.11 Å². The molecule has 0 aliphatic rings. The second kappa shape index (κ2) is 4.98. The highest BCUT2D eigenvalue weighted by molar-refractivity contribution is 5.83. The first-order chi connectivity index (χ1) is 6.35. The molecule has 1 atom stereocenters. The fourth-order valence-electron chi connectivity index (χ4n) is 1.26. The van der Waals surface area contributed by atoms with Crippen LogP contribution in [0.4, 0.5) is 0 Å². The molecule has 0 saturated heterocycles. The molecule has 82 valence electrons. The van der Waals surface area contributed by atoms with Crippen molar-refractivity contribution in [2.45, 2.75) is 33.6 Å². The minimum Gasteiger partial charge on any atom is -0.469 e. The number of rotatable bonds is 5. The lowest BCUT2D eigenvalue weighted by Gasteiger charge is -2.30. The highest BCUT2D eigenvalue weighted by Crippen LogP contribution is 2.32. The Kier molecular flexibility index (Phi) is 4.60. The van der Waals surface area contributed by atoms with Gasteiger partial charge in [0, 0.05) is 0 Å². The quantitative estimate of drug-likeness (QED) is 0.677. The van der Waals surface area contributed by atoms with Gasteiger partial charge in [-0.05, 0) is 5.41 Å². The Morgan fingerprint density at radius 1 is 1.43 bits per heavy atom. The highest BCUT2D eigenvalue weighted by atomic mass is 16.5. The van der Waals surface area contributed by atoms with Crippen LogP contribution >= 0.6 is 0 Å². The number of hydrogen-bond donors (Lipinski definition) is 1. The van der Waals surface area contributed by atoms with Crippen LogP contribution in [0.2, 0.25) is 0 Å². The third-order valence-electron chi connectivity index (χ3n) is 2.80. The average molecular weight is 201 g/mol. The Bertz CT molecular complexity index is 223. The summed E-state index contributed by atoms with van der Waals surface area (Å²) < 4.78 is 4.52. The molecule has 0 radical (unpaired) electrons. The second-order valence-corrected chi connectivity index (χ2v) is 4.08. The summed E-state index contributed by atoms with van der Waals surface area (Å²) in [6.07, 6.45) is 0.851.